The van der Waals surface area contributed by atoms with Gasteiger partial charge in [0.25, 0.3) is 5.91 Å². The lowest BCUT2D eigenvalue weighted by Crippen LogP contribution is -2.28. The molecule has 34 heavy (non-hydrogen) atoms. The van der Waals surface area contributed by atoms with Gasteiger partial charge in [0.15, 0.2) is 0 Å². The monoisotopic (exact) mass is 473 g/mol. The molecule has 0 saturated heterocycles. The number of carbonyl (C=O) groups excluding carboxylic acids is 1. The Bertz CT molecular complexity index is 1450. The van der Waals surface area contributed by atoms with Gasteiger partial charge in [-0.05, 0) is 48.9 Å². The Kier molecular flexibility index (Phi) is 5.75. The molecule has 0 saturated carbocycles. The molecule has 170 valence electrons. The molecule has 0 radical (unpaired) electrons. The molecule has 0 N–H and O–H groups in total. The van der Waals surface area contributed by atoms with E-state index in [0.717, 1.165) is 22.2 Å². The zero-order chi connectivity index (χ0) is 23.8. The Hall–Kier alpha value is -3.77. The first-order valence-corrected chi connectivity index (χ1v) is 11.2. The lowest BCUT2D eigenvalue weighted by atomic mass is 9.96. The number of methoxy groups -OCH3 is 1. The minimum absolute atomic E-state index is 0.0474. The molecule has 0 fully saturated rings. The first-order valence-electron chi connectivity index (χ1n) is 10.8. The van der Waals surface area contributed by atoms with Crippen LogP contribution in [0, 0.1) is 12.7 Å². The van der Waals surface area contributed by atoms with Crippen molar-refractivity contribution in [2.75, 3.05) is 7.11 Å². The summed E-state index contributed by atoms with van der Waals surface area (Å²) in [5, 5.41) is 7.09. The Morgan fingerprint density at radius 3 is 2.62 bits per heavy atom. The van der Waals surface area contributed by atoms with Crippen molar-refractivity contribution >= 4 is 34.1 Å². The van der Waals surface area contributed by atoms with Crippen molar-refractivity contribution in [3.05, 3.63) is 106 Å². The molecule has 5 nitrogen and oxygen atoms in total. The molecule has 2 heterocycles. The number of aromatic nitrogens is 1. The zero-order valence-electron chi connectivity index (χ0n) is 18.6. The number of ether oxygens (including phenoxy) is 1. The van der Waals surface area contributed by atoms with E-state index in [2.05, 4.69) is 10.1 Å². The second-order valence-electron chi connectivity index (χ2n) is 8.14. The lowest BCUT2D eigenvalue weighted by Gasteiger charge is -2.23. The van der Waals surface area contributed by atoms with Crippen molar-refractivity contribution < 1.29 is 13.9 Å². The van der Waals surface area contributed by atoms with Crippen LogP contribution in [-0.4, -0.2) is 28.7 Å². The van der Waals surface area contributed by atoms with E-state index in [4.69, 9.17) is 16.3 Å². The SMILES string of the molecule is COc1ccc2nc(Cl)c(C3CC(c4ccccc4C)=NN3C(=O)c3ccccc3F)cc2c1. The van der Waals surface area contributed by atoms with Gasteiger partial charge in [-0.2, -0.15) is 5.10 Å². The number of hydrogen-bond donors (Lipinski definition) is 0. The number of hydrazone groups is 1. The number of hydrogen-bond acceptors (Lipinski definition) is 4. The van der Waals surface area contributed by atoms with Crippen LogP contribution in [0.3, 0.4) is 0 Å². The Morgan fingerprint density at radius 2 is 1.85 bits per heavy atom. The molecule has 1 aromatic heterocycles. The third-order valence-electron chi connectivity index (χ3n) is 6.04. The van der Waals surface area contributed by atoms with Crippen LogP contribution in [0.1, 0.15) is 39.5 Å². The molecule has 1 unspecified atom stereocenters. The van der Waals surface area contributed by atoms with Gasteiger partial charge in [0, 0.05) is 22.9 Å². The third kappa shape index (κ3) is 3.90. The molecule has 5 rings (SSSR count). The van der Waals surface area contributed by atoms with Gasteiger partial charge in [0.05, 0.1) is 29.9 Å². The van der Waals surface area contributed by atoms with Crippen LogP contribution < -0.4 is 4.74 Å². The van der Waals surface area contributed by atoms with Crippen molar-refractivity contribution in [3.8, 4) is 5.75 Å². The summed E-state index contributed by atoms with van der Waals surface area (Å²) in [6, 6.07) is 20.6. The second-order valence-corrected chi connectivity index (χ2v) is 8.50. The molecule has 0 bridgehead atoms. The number of pyridine rings is 1. The molecule has 1 atom stereocenters. The van der Waals surface area contributed by atoms with Crippen LogP contribution in [0.2, 0.25) is 5.15 Å². The van der Waals surface area contributed by atoms with Crippen LogP contribution in [0.25, 0.3) is 10.9 Å². The van der Waals surface area contributed by atoms with E-state index < -0.39 is 17.8 Å². The zero-order valence-corrected chi connectivity index (χ0v) is 19.4. The van der Waals surface area contributed by atoms with Gasteiger partial charge in [-0.1, -0.05) is 48.0 Å². The molecule has 0 spiro atoms. The van der Waals surface area contributed by atoms with Crippen LogP contribution in [0.5, 0.6) is 5.75 Å². The average Bonchev–Trinajstić information content (AvgIpc) is 3.28. The van der Waals surface area contributed by atoms with Crippen LogP contribution >= 0.6 is 11.6 Å². The van der Waals surface area contributed by atoms with Gasteiger partial charge in [-0.25, -0.2) is 14.4 Å². The van der Waals surface area contributed by atoms with E-state index in [1.807, 2.05) is 55.5 Å². The van der Waals surface area contributed by atoms with Gasteiger partial charge < -0.3 is 4.74 Å². The molecule has 7 heteroatoms. The van der Waals surface area contributed by atoms with Crippen LogP contribution in [0.4, 0.5) is 4.39 Å². The number of rotatable bonds is 4. The quantitative estimate of drug-likeness (QED) is 0.325. The fraction of sp³-hybridized carbons (Fsp3) is 0.148. The van der Waals surface area contributed by atoms with Gasteiger partial charge >= 0.3 is 0 Å². The maximum absolute atomic E-state index is 14.5. The van der Waals surface area contributed by atoms with E-state index in [1.54, 1.807) is 19.2 Å². The minimum Gasteiger partial charge on any atom is -0.497 e. The van der Waals surface area contributed by atoms with Gasteiger partial charge in [-0.15, -0.1) is 0 Å². The summed E-state index contributed by atoms with van der Waals surface area (Å²) in [5.41, 5.74) is 4.00. The van der Waals surface area contributed by atoms with Crippen molar-refractivity contribution in [1.29, 1.82) is 0 Å². The van der Waals surface area contributed by atoms with E-state index in [0.29, 0.717) is 23.3 Å². The second kappa shape index (κ2) is 8.88. The van der Waals surface area contributed by atoms with Crippen molar-refractivity contribution in [2.24, 2.45) is 5.10 Å². The number of aryl methyl sites for hydroxylation is 1. The van der Waals surface area contributed by atoms with E-state index in [1.165, 1.54) is 17.1 Å². The number of benzene rings is 3. The van der Waals surface area contributed by atoms with E-state index in [9.17, 15) is 9.18 Å². The first kappa shape index (κ1) is 22.0. The van der Waals surface area contributed by atoms with Crippen LogP contribution in [-0.2, 0) is 0 Å². The average molecular weight is 474 g/mol. The fourth-order valence-corrected chi connectivity index (χ4v) is 4.54. The number of halogens is 2. The summed E-state index contributed by atoms with van der Waals surface area (Å²) < 4.78 is 19.9. The largest absolute Gasteiger partial charge is 0.497 e. The molecule has 1 aliphatic heterocycles. The lowest BCUT2D eigenvalue weighted by molar-refractivity contribution is 0.0706. The van der Waals surface area contributed by atoms with Gasteiger partial charge in [0.1, 0.15) is 16.7 Å². The Morgan fingerprint density at radius 1 is 1.09 bits per heavy atom. The molecular weight excluding hydrogens is 453 g/mol. The predicted molar refractivity (Wildman–Crippen MR) is 131 cm³/mol. The molecule has 4 aromatic rings. The normalized spacial score (nSPS) is 15.5. The summed E-state index contributed by atoms with van der Waals surface area (Å²) >= 11 is 6.62. The predicted octanol–water partition coefficient (Wildman–Crippen LogP) is 6.34. The summed E-state index contributed by atoms with van der Waals surface area (Å²) in [7, 11) is 1.60. The van der Waals surface area contributed by atoms with Gasteiger partial charge in [-0.3, -0.25) is 4.79 Å². The molecule has 0 aliphatic carbocycles. The summed E-state index contributed by atoms with van der Waals surface area (Å²) in [6.45, 7) is 1.99. The van der Waals surface area contributed by atoms with Crippen molar-refractivity contribution in [1.82, 2.24) is 9.99 Å². The van der Waals surface area contributed by atoms with Gasteiger partial charge in [0.2, 0.25) is 0 Å². The standard InChI is InChI=1S/C27H21ClFN3O2/c1-16-7-3-4-8-19(16)24-15-25(32(31-24)27(33)20-9-5-6-10-22(20)29)21-14-17-13-18(34-2)11-12-23(17)30-26(21)28/h3-14,25H,15H2,1-2H3. The summed E-state index contributed by atoms with van der Waals surface area (Å²) in [5.74, 6) is -0.447. The molecule has 1 amide bonds. The number of nitrogens with zero attached hydrogens (tertiary/aromatic N) is 3. The molecule has 1 aliphatic rings. The molecular formula is C27H21ClFN3O2. The fourth-order valence-electron chi connectivity index (χ4n) is 4.27. The highest BCUT2D eigenvalue weighted by Crippen LogP contribution is 2.39. The third-order valence-corrected chi connectivity index (χ3v) is 6.34. The van der Waals surface area contributed by atoms with Crippen molar-refractivity contribution in [3.63, 3.8) is 0 Å². The summed E-state index contributed by atoms with van der Waals surface area (Å²) in [4.78, 5) is 18.0. The van der Waals surface area contributed by atoms with Crippen LogP contribution in [0.15, 0.2) is 77.9 Å². The maximum Gasteiger partial charge on any atom is 0.277 e. The van der Waals surface area contributed by atoms with E-state index in [-0.39, 0.29) is 10.7 Å². The van der Waals surface area contributed by atoms with E-state index >= 15 is 0 Å². The topological polar surface area (TPSA) is 54.8 Å². The number of amides is 1. The minimum atomic E-state index is -0.599. The smallest absolute Gasteiger partial charge is 0.277 e. The highest BCUT2D eigenvalue weighted by Gasteiger charge is 2.36. The maximum atomic E-state index is 14.5. The highest BCUT2D eigenvalue weighted by atomic mass is 35.5. The summed E-state index contributed by atoms with van der Waals surface area (Å²) in [6.07, 6.45) is 0.419. The highest BCUT2D eigenvalue weighted by molar-refractivity contribution is 6.30. The van der Waals surface area contributed by atoms with Crippen molar-refractivity contribution in [2.45, 2.75) is 19.4 Å². The Labute approximate surface area is 201 Å². The first-order chi connectivity index (χ1) is 16.5. The Balaban J connectivity index is 1.64. The number of fused-ring (bicyclic) bond motifs is 1. The molecule has 3 aromatic carbocycles. The number of carbonyl (C=O) groups is 1.